The number of hydrogen-bond acceptors (Lipinski definition) is 3. The van der Waals surface area contributed by atoms with E-state index in [4.69, 9.17) is 10.8 Å². The molecule has 0 bridgehead atoms. The topological polar surface area (TPSA) is 66.5 Å². The van der Waals surface area contributed by atoms with Crippen molar-refractivity contribution < 1.29 is 14.6 Å². The summed E-state index contributed by atoms with van der Waals surface area (Å²) < 4.78 is 13.1. The maximum atomic E-state index is 12.9. The molecule has 0 unspecified atom stereocenters. The first-order chi connectivity index (χ1) is 6.38. The summed E-state index contributed by atoms with van der Waals surface area (Å²) in [4.78, 5) is 0. The Kier molecular flexibility index (Phi) is 3.14. The monoisotopic (exact) mass is 263 g/mol. The highest BCUT2D eigenvalue weighted by Crippen LogP contribution is 2.31. The lowest BCUT2D eigenvalue weighted by atomic mass is 9.93. The van der Waals surface area contributed by atoms with Gasteiger partial charge in [0.1, 0.15) is 11.6 Å². The number of nitrogens with two attached hydrogens (primary N) is 1. The Morgan fingerprint density at radius 2 is 2.14 bits per heavy atom. The van der Waals surface area contributed by atoms with Crippen LogP contribution in [0.5, 0.6) is 5.75 Å². The third-order valence-electron chi connectivity index (χ3n) is 1.98. The second-order valence-corrected chi connectivity index (χ2v) is 4.21. The first-order valence-corrected chi connectivity index (χ1v) is 4.76. The van der Waals surface area contributed by atoms with Gasteiger partial charge in [-0.05, 0) is 28.9 Å². The smallest absolute Gasteiger partial charge is 0.141 e. The summed E-state index contributed by atoms with van der Waals surface area (Å²) in [5.74, 6) is -0.829. The van der Waals surface area contributed by atoms with Crippen molar-refractivity contribution in [1.29, 1.82) is 0 Å². The molecule has 78 valence electrons. The predicted octanol–water partition coefficient (Wildman–Crippen LogP) is 1.46. The van der Waals surface area contributed by atoms with Gasteiger partial charge < -0.3 is 15.9 Å². The second-order valence-electron chi connectivity index (χ2n) is 3.36. The molecular weight excluding hydrogens is 253 g/mol. The molecular formula is C9H11BrFNO2. The van der Waals surface area contributed by atoms with Crippen LogP contribution in [0.3, 0.4) is 0 Å². The highest BCUT2D eigenvalue weighted by atomic mass is 79.9. The lowest BCUT2D eigenvalue weighted by Gasteiger charge is -2.23. The van der Waals surface area contributed by atoms with Crippen LogP contribution in [-0.2, 0) is 5.54 Å². The molecule has 0 saturated heterocycles. The summed E-state index contributed by atoms with van der Waals surface area (Å²) in [6.07, 6.45) is 0. The van der Waals surface area contributed by atoms with Gasteiger partial charge in [-0.2, -0.15) is 0 Å². The minimum atomic E-state index is -1.08. The molecule has 5 heteroatoms. The molecule has 0 aromatic heterocycles. The number of aliphatic hydroxyl groups is 1. The number of aromatic hydroxyl groups is 1. The van der Waals surface area contributed by atoms with Gasteiger partial charge in [0.25, 0.3) is 0 Å². The largest absolute Gasteiger partial charge is 0.507 e. The van der Waals surface area contributed by atoms with Gasteiger partial charge in [0.2, 0.25) is 0 Å². The van der Waals surface area contributed by atoms with E-state index in [0.29, 0.717) is 5.56 Å². The number of aliphatic hydroxyl groups excluding tert-OH is 1. The molecule has 14 heavy (non-hydrogen) atoms. The Bertz CT molecular complexity index is 355. The lowest BCUT2D eigenvalue weighted by molar-refractivity contribution is 0.206. The number of hydrogen-bond donors (Lipinski definition) is 3. The zero-order valence-electron chi connectivity index (χ0n) is 7.59. The van der Waals surface area contributed by atoms with Crippen LogP contribution in [-0.4, -0.2) is 16.8 Å². The van der Waals surface area contributed by atoms with Crippen molar-refractivity contribution in [3.63, 3.8) is 0 Å². The SMILES string of the molecule is C[C@@](N)(CO)c1cc(Br)c(F)cc1O. The Hall–Kier alpha value is -0.650. The van der Waals surface area contributed by atoms with E-state index in [1.165, 1.54) is 6.07 Å². The van der Waals surface area contributed by atoms with Crippen LogP contribution < -0.4 is 5.73 Å². The van der Waals surface area contributed by atoms with E-state index in [1.54, 1.807) is 6.92 Å². The first-order valence-electron chi connectivity index (χ1n) is 3.96. The highest BCUT2D eigenvalue weighted by molar-refractivity contribution is 9.10. The van der Waals surface area contributed by atoms with Gasteiger partial charge in [0, 0.05) is 11.6 Å². The first kappa shape index (κ1) is 11.4. The van der Waals surface area contributed by atoms with Crippen molar-refractivity contribution in [1.82, 2.24) is 0 Å². The van der Waals surface area contributed by atoms with Gasteiger partial charge in [0.15, 0.2) is 0 Å². The molecule has 0 radical (unpaired) electrons. The fourth-order valence-corrected chi connectivity index (χ4v) is 1.42. The number of phenols is 1. The maximum Gasteiger partial charge on any atom is 0.141 e. The molecule has 0 fully saturated rings. The molecule has 0 aliphatic rings. The molecule has 0 aliphatic carbocycles. The van der Waals surface area contributed by atoms with Crippen molar-refractivity contribution in [3.8, 4) is 5.75 Å². The zero-order chi connectivity index (χ0) is 10.9. The Balaban J connectivity index is 3.29. The van der Waals surface area contributed by atoms with E-state index in [1.807, 2.05) is 0 Å². The average Bonchev–Trinajstić information content (AvgIpc) is 2.11. The Morgan fingerprint density at radius 1 is 1.57 bits per heavy atom. The summed E-state index contributed by atoms with van der Waals surface area (Å²) in [5, 5.41) is 18.4. The summed E-state index contributed by atoms with van der Waals surface area (Å²) >= 11 is 2.98. The van der Waals surface area contributed by atoms with Crippen LogP contribution in [0.2, 0.25) is 0 Å². The lowest BCUT2D eigenvalue weighted by Crippen LogP contribution is -2.37. The normalized spacial score (nSPS) is 15.2. The molecule has 0 heterocycles. The molecule has 1 aromatic rings. The fraction of sp³-hybridized carbons (Fsp3) is 0.333. The molecule has 0 spiro atoms. The van der Waals surface area contributed by atoms with Gasteiger partial charge in [-0.3, -0.25) is 0 Å². The summed E-state index contributed by atoms with van der Waals surface area (Å²) in [6, 6.07) is 2.32. The van der Waals surface area contributed by atoms with E-state index in [9.17, 15) is 9.50 Å². The molecule has 4 N–H and O–H groups in total. The molecule has 3 nitrogen and oxygen atoms in total. The quantitative estimate of drug-likeness (QED) is 0.757. The van der Waals surface area contributed by atoms with Crippen LogP contribution in [0.1, 0.15) is 12.5 Å². The predicted molar refractivity (Wildman–Crippen MR) is 54.4 cm³/mol. The van der Waals surface area contributed by atoms with Gasteiger partial charge in [-0.25, -0.2) is 4.39 Å². The van der Waals surface area contributed by atoms with Crippen molar-refractivity contribution in [2.24, 2.45) is 5.73 Å². The maximum absolute atomic E-state index is 12.9. The van der Waals surface area contributed by atoms with Gasteiger partial charge in [-0.1, -0.05) is 0 Å². The van der Waals surface area contributed by atoms with E-state index in [-0.39, 0.29) is 16.8 Å². The van der Waals surface area contributed by atoms with Gasteiger partial charge in [-0.15, -0.1) is 0 Å². The summed E-state index contributed by atoms with van der Waals surface area (Å²) in [6.45, 7) is 1.21. The van der Waals surface area contributed by atoms with Gasteiger partial charge >= 0.3 is 0 Å². The molecule has 0 aliphatic heterocycles. The standard InChI is InChI=1S/C9H11BrFNO2/c1-9(12,4-13)5-2-6(10)7(11)3-8(5)14/h2-3,13-14H,4,12H2,1H3/t9-/m1/s1. The Labute approximate surface area is 89.5 Å². The van der Waals surface area contributed by atoms with Crippen LogP contribution in [0.25, 0.3) is 0 Å². The number of phenolic OH excluding ortho intramolecular Hbond substituents is 1. The van der Waals surface area contributed by atoms with E-state index in [0.717, 1.165) is 6.07 Å². The van der Waals surface area contributed by atoms with E-state index >= 15 is 0 Å². The van der Waals surface area contributed by atoms with Crippen LogP contribution in [0, 0.1) is 5.82 Å². The third kappa shape index (κ3) is 2.05. The van der Waals surface area contributed by atoms with Crippen molar-refractivity contribution in [2.75, 3.05) is 6.61 Å². The summed E-state index contributed by atoms with van der Waals surface area (Å²) in [7, 11) is 0. The van der Waals surface area contributed by atoms with Crippen molar-refractivity contribution in [2.45, 2.75) is 12.5 Å². The van der Waals surface area contributed by atoms with Crippen LogP contribution >= 0.6 is 15.9 Å². The highest BCUT2D eigenvalue weighted by Gasteiger charge is 2.24. The number of rotatable bonds is 2. The molecule has 1 atom stereocenters. The molecule has 0 saturated carbocycles. The summed E-state index contributed by atoms with van der Waals surface area (Å²) in [5.41, 5.74) is 4.92. The number of halogens is 2. The van der Waals surface area contributed by atoms with Gasteiger partial charge in [0.05, 0.1) is 16.6 Å². The average molecular weight is 264 g/mol. The van der Waals surface area contributed by atoms with E-state index < -0.39 is 11.4 Å². The second kappa shape index (κ2) is 3.84. The van der Waals surface area contributed by atoms with Crippen molar-refractivity contribution in [3.05, 3.63) is 28.0 Å². The third-order valence-corrected chi connectivity index (χ3v) is 2.59. The molecule has 1 rings (SSSR count). The minimum absolute atomic E-state index is 0.204. The van der Waals surface area contributed by atoms with E-state index in [2.05, 4.69) is 15.9 Å². The zero-order valence-corrected chi connectivity index (χ0v) is 9.18. The molecule has 0 amide bonds. The van der Waals surface area contributed by atoms with Crippen molar-refractivity contribution >= 4 is 15.9 Å². The molecule has 1 aromatic carbocycles. The number of benzene rings is 1. The van der Waals surface area contributed by atoms with Crippen LogP contribution in [0.15, 0.2) is 16.6 Å². The fourth-order valence-electron chi connectivity index (χ4n) is 1.08. The minimum Gasteiger partial charge on any atom is -0.507 e. The Morgan fingerprint density at radius 3 is 2.64 bits per heavy atom. The van der Waals surface area contributed by atoms with Crippen LogP contribution in [0.4, 0.5) is 4.39 Å².